The van der Waals surface area contributed by atoms with E-state index in [4.69, 9.17) is 11.6 Å². The maximum Gasteiger partial charge on any atom is 0.0224 e. The molecule has 0 aromatic heterocycles. The standard InChI is InChI=1S/C10H18ClN/c1-2-8-12-9-4-6-10(12)5-3-7-11/h2,10H,1,3-9H2. The van der Waals surface area contributed by atoms with Crippen LogP contribution in [0.1, 0.15) is 25.7 Å². The van der Waals surface area contributed by atoms with Crippen molar-refractivity contribution < 1.29 is 0 Å². The number of nitrogens with zero attached hydrogens (tertiary/aromatic N) is 1. The zero-order chi connectivity index (χ0) is 8.81. The summed E-state index contributed by atoms with van der Waals surface area (Å²) in [5, 5.41) is 0. The molecule has 0 aromatic carbocycles. The highest BCUT2D eigenvalue weighted by Crippen LogP contribution is 2.20. The van der Waals surface area contributed by atoms with Gasteiger partial charge in [-0.1, -0.05) is 6.08 Å². The summed E-state index contributed by atoms with van der Waals surface area (Å²) in [4.78, 5) is 2.51. The fourth-order valence-corrected chi connectivity index (χ4v) is 2.10. The van der Waals surface area contributed by atoms with Crippen molar-refractivity contribution in [3.63, 3.8) is 0 Å². The molecule has 2 heteroatoms. The van der Waals surface area contributed by atoms with Crippen molar-refractivity contribution in [1.82, 2.24) is 4.90 Å². The molecular weight excluding hydrogens is 170 g/mol. The monoisotopic (exact) mass is 187 g/mol. The summed E-state index contributed by atoms with van der Waals surface area (Å²) in [6.07, 6.45) is 7.11. The van der Waals surface area contributed by atoms with Crippen molar-refractivity contribution in [1.29, 1.82) is 0 Å². The molecule has 1 fully saturated rings. The topological polar surface area (TPSA) is 3.24 Å². The van der Waals surface area contributed by atoms with Gasteiger partial charge in [0.2, 0.25) is 0 Å². The molecule has 1 nitrogen and oxygen atoms in total. The minimum atomic E-state index is 0.779. The van der Waals surface area contributed by atoms with E-state index in [-0.39, 0.29) is 0 Å². The third-order valence-corrected chi connectivity index (χ3v) is 2.80. The molecule has 0 N–H and O–H groups in total. The Bertz CT molecular complexity index is 136. The van der Waals surface area contributed by atoms with E-state index >= 15 is 0 Å². The second-order valence-electron chi connectivity index (χ2n) is 3.41. The number of hydrogen-bond acceptors (Lipinski definition) is 1. The summed E-state index contributed by atoms with van der Waals surface area (Å²) in [5.41, 5.74) is 0. The molecule has 1 rings (SSSR count). The second kappa shape index (κ2) is 5.60. The van der Waals surface area contributed by atoms with Crippen molar-refractivity contribution in [2.45, 2.75) is 31.7 Å². The number of halogens is 1. The van der Waals surface area contributed by atoms with Crippen molar-refractivity contribution in [2.24, 2.45) is 0 Å². The van der Waals surface area contributed by atoms with Crippen molar-refractivity contribution in [3.05, 3.63) is 12.7 Å². The van der Waals surface area contributed by atoms with Gasteiger partial charge in [0, 0.05) is 18.5 Å². The van der Waals surface area contributed by atoms with E-state index in [2.05, 4.69) is 11.5 Å². The zero-order valence-electron chi connectivity index (χ0n) is 7.64. The van der Waals surface area contributed by atoms with E-state index < -0.39 is 0 Å². The Hall–Kier alpha value is -0.0100. The number of rotatable bonds is 5. The molecule has 1 unspecified atom stereocenters. The summed E-state index contributed by atoms with van der Waals surface area (Å²) < 4.78 is 0. The normalized spacial score (nSPS) is 24.6. The first kappa shape index (κ1) is 10.1. The first-order valence-electron chi connectivity index (χ1n) is 4.79. The lowest BCUT2D eigenvalue weighted by atomic mass is 10.1. The number of likely N-dealkylation sites (tertiary alicyclic amines) is 1. The first-order chi connectivity index (χ1) is 5.88. The summed E-state index contributed by atoms with van der Waals surface area (Å²) in [6, 6.07) is 0.779. The molecule has 0 amide bonds. The van der Waals surface area contributed by atoms with E-state index in [1.165, 1.54) is 25.8 Å². The van der Waals surface area contributed by atoms with Crippen molar-refractivity contribution in [3.8, 4) is 0 Å². The Kier molecular flexibility index (Phi) is 4.70. The van der Waals surface area contributed by atoms with Crippen LogP contribution in [0.3, 0.4) is 0 Å². The molecule has 0 bridgehead atoms. The minimum absolute atomic E-state index is 0.779. The predicted molar refractivity (Wildman–Crippen MR) is 54.7 cm³/mol. The zero-order valence-corrected chi connectivity index (χ0v) is 8.39. The van der Waals surface area contributed by atoms with E-state index in [0.717, 1.165) is 24.9 Å². The van der Waals surface area contributed by atoms with Crippen LogP contribution in [0.2, 0.25) is 0 Å². The van der Waals surface area contributed by atoms with Crippen LogP contribution in [0, 0.1) is 0 Å². The Labute approximate surface area is 80.4 Å². The van der Waals surface area contributed by atoms with Crippen molar-refractivity contribution >= 4 is 11.6 Å². The average molecular weight is 188 g/mol. The van der Waals surface area contributed by atoms with Gasteiger partial charge in [-0.3, -0.25) is 4.90 Å². The van der Waals surface area contributed by atoms with Gasteiger partial charge in [-0.2, -0.15) is 0 Å². The quantitative estimate of drug-likeness (QED) is 0.473. The fraction of sp³-hybridized carbons (Fsp3) is 0.800. The summed E-state index contributed by atoms with van der Waals surface area (Å²) in [6.45, 7) is 6.07. The van der Waals surface area contributed by atoms with Gasteiger partial charge in [-0.05, 0) is 32.2 Å². The Morgan fingerprint density at radius 3 is 3.08 bits per heavy atom. The van der Waals surface area contributed by atoms with E-state index in [1.807, 2.05) is 6.08 Å². The van der Waals surface area contributed by atoms with Crippen LogP contribution >= 0.6 is 11.6 Å². The molecule has 12 heavy (non-hydrogen) atoms. The second-order valence-corrected chi connectivity index (χ2v) is 3.79. The molecule has 0 aliphatic carbocycles. The molecular formula is C10H18ClN. The van der Waals surface area contributed by atoms with Gasteiger partial charge in [0.15, 0.2) is 0 Å². The molecule has 1 heterocycles. The molecule has 1 atom stereocenters. The summed E-state index contributed by atoms with van der Waals surface area (Å²) >= 11 is 5.67. The van der Waals surface area contributed by atoms with Gasteiger partial charge in [-0.25, -0.2) is 0 Å². The minimum Gasteiger partial charge on any atom is -0.297 e. The highest BCUT2D eigenvalue weighted by molar-refractivity contribution is 6.17. The van der Waals surface area contributed by atoms with Gasteiger partial charge in [0.05, 0.1) is 0 Å². The lowest BCUT2D eigenvalue weighted by Crippen LogP contribution is -2.29. The van der Waals surface area contributed by atoms with Gasteiger partial charge >= 0.3 is 0 Å². The lowest BCUT2D eigenvalue weighted by Gasteiger charge is -2.22. The molecule has 1 aliphatic heterocycles. The fourth-order valence-electron chi connectivity index (χ4n) is 1.94. The molecule has 0 radical (unpaired) electrons. The van der Waals surface area contributed by atoms with E-state index in [9.17, 15) is 0 Å². The maximum absolute atomic E-state index is 5.67. The van der Waals surface area contributed by atoms with Gasteiger partial charge < -0.3 is 0 Å². The van der Waals surface area contributed by atoms with Gasteiger partial charge in [-0.15, -0.1) is 18.2 Å². The lowest BCUT2D eigenvalue weighted by molar-refractivity contribution is 0.267. The van der Waals surface area contributed by atoms with Crippen LogP contribution in [0.4, 0.5) is 0 Å². The smallest absolute Gasteiger partial charge is 0.0224 e. The Morgan fingerprint density at radius 2 is 2.42 bits per heavy atom. The first-order valence-corrected chi connectivity index (χ1v) is 5.33. The van der Waals surface area contributed by atoms with Crippen LogP contribution in [-0.2, 0) is 0 Å². The van der Waals surface area contributed by atoms with E-state index in [1.54, 1.807) is 0 Å². The molecule has 0 saturated carbocycles. The predicted octanol–water partition coefficient (Wildman–Crippen LogP) is 2.66. The summed E-state index contributed by atoms with van der Waals surface area (Å²) in [5.74, 6) is 0.804. The largest absolute Gasteiger partial charge is 0.297 e. The molecule has 0 spiro atoms. The van der Waals surface area contributed by atoms with Crippen LogP contribution in [-0.4, -0.2) is 29.9 Å². The number of hydrogen-bond donors (Lipinski definition) is 0. The Morgan fingerprint density at radius 1 is 1.58 bits per heavy atom. The molecule has 1 aliphatic rings. The molecule has 70 valence electrons. The van der Waals surface area contributed by atoms with Crippen molar-refractivity contribution in [2.75, 3.05) is 19.0 Å². The van der Waals surface area contributed by atoms with Crippen LogP contribution in [0.25, 0.3) is 0 Å². The van der Waals surface area contributed by atoms with Crippen LogP contribution in [0.15, 0.2) is 12.7 Å². The molecule has 0 aromatic rings. The Balaban J connectivity index is 2.25. The number of alkyl halides is 1. The third-order valence-electron chi connectivity index (χ3n) is 2.53. The van der Waals surface area contributed by atoms with E-state index in [0.29, 0.717) is 0 Å². The highest BCUT2D eigenvalue weighted by Gasteiger charge is 2.22. The van der Waals surface area contributed by atoms with Gasteiger partial charge in [0.25, 0.3) is 0 Å². The third kappa shape index (κ3) is 2.80. The maximum atomic E-state index is 5.67. The summed E-state index contributed by atoms with van der Waals surface area (Å²) in [7, 11) is 0. The van der Waals surface area contributed by atoms with Crippen LogP contribution < -0.4 is 0 Å². The SMILES string of the molecule is C=CCN1CCCC1CCCCl. The van der Waals surface area contributed by atoms with Gasteiger partial charge in [0.1, 0.15) is 0 Å². The average Bonchev–Trinajstić information content (AvgIpc) is 2.50. The molecule has 1 saturated heterocycles. The highest BCUT2D eigenvalue weighted by atomic mass is 35.5. The van der Waals surface area contributed by atoms with Crippen LogP contribution in [0.5, 0.6) is 0 Å².